The van der Waals surface area contributed by atoms with E-state index in [1.807, 2.05) is 31.2 Å². The zero-order valence-corrected chi connectivity index (χ0v) is 15.4. The molecule has 27 heavy (non-hydrogen) atoms. The molecule has 2 aliphatic carbocycles. The Morgan fingerprint density at radius 1 is 1.11 bits per heavy atom. The summed E-state index contributed by atoms with van der Waals surface area (Å²) >= 11 is 6.17. The van der Waals surface area contributed by atoms with Crippen molar-refractivity contribution in [2.45, 2.75) is 13.3 Å². The molecule has 3 aliphatic rings. The molecule has 0 radical (unpaired) electrons. The van der Waals surface area contributed by atoms with Crippen molar-refractivity contribution in [2.24, 2.45) is 28.8 Å². The van der Waals surface area contributed by atoms with E-state index in [4.69, 9.17) is 16.0 Å². The van der Waals surface area contributed by atoms with Crippen molar-refractivity contribution in [2.75, 3.05) is 0 Å². The van der Waals surface area contributed by atoms with Crippen LogP contribution in [0.4, 0.5) is 0 Å². The summed E-state index contributed by atoms with van der Waals surface area (Å²) in [5.74, 6) is 0.594. The third-order valence-corrected chi connectivity index (χ3v) is 6.24. The largest absolute Gasteiger partial charge is 0.455 e. The molecule has 2 aromatic rings. The van der Waals surface area contributed by atoms with Crippen LogP contribution in [0.5, 0.6) is 0 Å². The van der Waals surface area contributed by atoms with Crippen molar-refractivity contribution in [1.82, 2.24) is 5.01 Å². The molecule has 2 heterocycles. The number of allylic oxidation sites excluding steroid dienone is 2. The smallest absolute Gasteiger partial charge is 0.254 e. The van der Waals surface area contributed by atoms with Crippen LogP contribution in [-0.2, 0) is 9.59 Å². The van der Waals surface area contributed by atoms with E-state index >= 15 is 0 Å². The molecule has 1 aromatic heterocycles. The molecule has 5 nitrogen and oxygen atoms in total. The monoisotopic (exact) mass is 380 g/mol. The summed E-state index contributed by atoms with van der Waals surface area (Å²) in [5.41, 5.74) is 1.85. The zero-order valence-electron chi connectivity index (χ0n) is 14.6. The number of aryl methyl sites for hydroxylation is 1. The van der Waals surface area contributed by atoms with Gasteiger partial charge in [-0.2, -0.15) is 10.1 Å². The SMILES string of the molecule is Cc1ccc(-c2ccc(/C=N\N3C(=O)[C@H]4[C@H](C3=O)[C@H]3C=C[C@H]4C3)o2)cc1Cl. The van der Waals surface area contributed by atoms with Crippen molar-refractivity contribution in [3.8, 4) is 11.3 Å². The summed E-state index contributed by atoms with van der Waals surface area (Å²) in [6.45, 7) is 1.94. The molecule has 136 valence electrons. The number of fused-ring (bicyclic) bond motifs is 5. The third-order valence-electron chi connectivity index (χ3n) is 5.83. The summed E-state index contributed by atoms with van der Waals surface area (Å²) in [5, 5.41) is 5.82. The maximum absolute atomic E-state index is 12.6. The minimum absolute atomic E-state index is 0.179. The van der Waals surface area contributed by atoms with Gasteiger partial charge in [-0.25, -0.2) is 0 Å². The molecular weight excluding hydrogens is 364 g/mol. The molecule has 0 N–H and O–H groups in total. The summed E-state index contributed by atoms with van der Waals surface area (Å²) in [7, 11) is 0. The molecule has 4 atom stereocenters. The standard InChI is InChI=1S/C21H17ClN2O3/c1-11-2-3-12(9-16(11)22)17-7-6-15(27-17)10-23-24-20(25)18-13-4-5-14(8-13)19(18)21(24)26/h2-7,9-10,13-14,18-19H,8H2,1H3/b23-10-/t13-,14-,18+,19+/m0/s1. The lowest BCUT2D eigenvalue weighted by Crippen LogP contribution is -2.28. The number of hydrogen-bond donors (Lipinski definition) is 0. The Bertz CT molecular complexity index is 992. The van der Waals surface area contributed by atoms with E-state index in [1.54, 1.807) is 6.07 Å². The number of halogens is 1. The molecule has 1 saturated carbocycles. The first kappa shape index (κ1) is 16.5. The number of carbonyl (C=O) groups excluding carboxylic acids is 2. The van der Waals surface area contributed by atoms with Crippen LogP contribution in [0.1, 0.15) is 17.7 Å². The van der Waals surface area contributed by atoms with Gasteiger partial charge in [-0.05, 0) is 48.9 Å². The Kier molecular flexibility index (Phi) is 3.62. The fraction of sp³-hybridized carbons (Fsp3) is 0.286. The predicted molar refractivity (Wildman–Crippen MR) is 101 cm³/mol. The van der Waals surface area contributed by atoms with Crippen molar-refractivity contribution >= 4 is 29.6 Å². The van der Waals surface area contributed by atoms with Gasteiger partial charge in [0.2, 0.25) is 0 Å². The lowest BCUT2D eigenvalue weighted by atomic mass is 9.85. The molecule has 2 amide bonds. The van der Waals surface area contributed by atoms with E-state index in [2.05, 4.69) is 17.3 Å². The predicted octanol–water partition coefficient (Wildman–Crippen LogP) is 4.05. The van der Waals surface area contributed by atoms with E-state index in [0.717, 1.165) is 22.6 Å². The van der Waals surface area contributed by atoms with Crippen LogP contribution in [-0.4, -0.2) is 23.0 Å². The summed E-state index contributed by atoms with van der Waals surface area (Å²) in [6, 6.07) is 9.27. The van der Waals surface area contributed by atoms with Crippen LogP contribution >= 0.6 is 11.6 Å². The third kappa shape index (κ3) is 2.49. The van der Waals surface area contributed by atoms with Crippen LogP contribution in [0.3, 0.4) is 0 Å². The number of furan rings is 1. The van der Waals surface area contributed by atoms with E-state index in [-0.39, 0.29) is 35.5 Å². The summed E-state index contributed by atoms with van der Waals surface area (Å²) < 4.78 is 5.77. The molecule has 1 aromatic carbocycles. The lowest BCUT2D eigenvalue weighted by molar-refractivity contribution is -0.140. The normalized spacial score (nSPS) is 28.7. The summed E-state index contributed by atoms with van der Waals surface area (Å²) in [6.07, 6.45) is 6.46. The van der Waals surface area contributed by atoms with Crippen LogP contribution in [0.15, 0.2) is 52.0 Å². The first-order valence-electron chi connectivity index (χ1n) is 8.99. The Labute approximate surface area is 161 Å². The molecule has 1 aliphatic heterocycles. The first-order chi connectivity index (χ1) is 13.0. The molecule has 1 saturated heterocycles. The molecule has 0 spiro atoms. The number of rotatable bonds is 3. The van der Waals surface area contributed by atoms with Gasteiger partial charge in [0.25, 0.3) is 11.8 Å². The van der Waals surface area contributed by atoms with Crippen LogP contribution < -0.4 is 0 Å². The number of hydrogen-bond acceptors (Lipinski definition) is 4. The van der Waals surface area contributed by atoms with Gasteiger partial charge in [0.15, 0.2) is 0 Å². The molecular formula is C21H17ClN2O3. The topological polar surface area (TPSA) is 62.9 Å². The fourth-order valence-corrected chi connectivity index (χ4v) is 4.62. The minimum Gasteiger partial charge on any atom is -0.455 e. The van der Waals surface area contributed by atoms with Crippen LogP contribution in [0.25, 0.3) is 11.3 Å². The highest BCUT2D eigenvalue weighted by Gasteiger charge is 2.59. The van der Waals surface area contributed by atoms with Gasteiger partial charge in [0.05, 0.1) is 18.1 Å². The van der Waals surface area contributed by atoms with Crippen LogP contribution in [0, 0.1) is 30.6 Å². The highest BCUT2D eigenvalue weighted by molar-refractivity contribution is 6.31. The Hall–Kier alpha value is -2.66. The minimum atomic E-state index is -0.244. The highest BCUT2D eigenvalue weighted by Crippen LogP contribution is 2.52. The Balaban J connectivity index is 1.36. The average Bonchev–Trinajstić information content (AvgIpc) is 3.41. The quantitative estimate of drug-likeness (QED) is 0.458. The first-order valence-corrected chi connectivity index (χ1v) is 9.37. The average molecular weight is 381 g/mol. The lowest BCUT2D eigenvalue weighted by Gasteiger charge is -2.13. The molecule has 0 unspecified atom stereocenters. The van der Waals surface area contributed by atoms with Gasteiger partial charge in [-0.1, -0.05) is 35.9 Å². The number of amides is 2. The van der Waals surface area contributed by atoms with E-state index in [0.29, 0.717) is 16.5 Å². The number of hydrazone groups is 1. The van der Waals surface area contributed by atoms with Crippen LogP contribution in [0.2, 0.25) is 5.02 Å². The number of imide groups is 1. The highest BCUT2D eigenvalue weighted by atomic mass is 35.5. The number of carbonyl (C=O) groups is 2. The summed E-state index contributed by atoms with van der Waals surface area (Å²) in [4.78, 5) is 25.2. The van der Waals surface area contributed by atoms with Crippen molar-refractivity contribution in [3.63, 3.8) is 0 Å². The number of benzene rings is 1. The van der Waals surface area contributed by atoms with Gasteiger partial charge < -0.3 is 4.42 Å². The maximum Gasteiger partial charge on any atom is 0.254 e. The van der Waals surface area contributed by atoms with Gasteiger partial charge in [0, 0.05) is 10.6 Å². The second-order valence-electron chi connectivity index (χ2n) is 7.40. The second-order valence-corrected chi connectivity index (χ2v) is 7.81. The van der Waals surface area contributed by atoms with E-state index in [9.17, 15) is 9.59 Å². The van der Waals surface area contributed by atoms with Crippen molar-refractivity contribution in [3.05, 3.63) is 58.8 Å². The van der Waals surface area contributed by atoms with Gasteiger partial charge in [-0.15, -0.1) is 0 Å². The zero-order chi connectivity index (χ0) is 18.7. The molecule has 2 bridgehead atoms. The van der Waals surface area contributed by atoms with Gasteiger partial charge in [-0.3, -0.25) is 9.59 Å². The van der Waals surface area contributed by atoms with Gasteiger partial charge in [0.1, 0.15) is 11.5 Å². The Morgan fingerprint density at radius 3 is 2.48 bits per heavy atom. The molecule has 5 rings (SSSR count). The van der Waals surface area contributed by atoms with Crippen molar-refractivity contribution in [1.29, 1.82) is 0 Å². The maximum atomic E-state index is 12.6. The molecule has 2 fully saturated rings. The van der Waals surface area contributed by atoms with Crippen molar-refractivity contribution < 1.29 is 14.0 Å². The Morgan fingerprint density at radius 2 is 1.81 bits per heavy atom. The fourth-order valence-electron chi connectivity index (χ4n) is 4.44. The second kappa shape index (κ2) is 5.92. The van der Waals surface area contributed by atoms with Gasteiger partial charge >= 0.3 is 0 Å². The molecule has 6 heteroatoms. The van der Waals surface area contributed by atoms with E-state index in [1.165, 1.54) is 6.21 Å². The van der Waals surface area contributed by atoms with E-state index < -0.39 is 0 Å². The number of nitrogens with zero attached hydrogens (tertiary/aromatic N) is 2.